The van der Waals surface area contributed by atoms with E-state index >= 15 is 0 Å². The number of likely N-dealkylation sites (N-methyl/N-ethyl adjacent to an activating group) is 1. The Kier molecular flexibility index (Phi) is 13.8. The van der Waals surface area contributed by atoms with E-state index in [0.29, 0.717) is 49.8 Å². The molecule has 4 atom stereocenters. The smallest absolute Gasteiger partial charge is 0.355 e. The van der Waals surface area contributed by atoms with E-state index < -0.39 is 41.0 Å². The van der Waals surface area contributed by atoms with Gasteiger partial charge in [0.15, 0.2) is 0 Å². The summed E-state index contributed by atoms with van der Waals surface area (Å²) < 4.78 is 14.0. The van der Waals surface area contributed by atoms with Gasteiger partial charge >= 0.3 is 12.0 Å². The molecule has 3 aliphatic heterocycles. The molecule has 17 nitrogen and oxygen atoms in total. The highest BCUT2D eigenvalue weighted by Gasteiger charge is 2.46. The van der Waals surface area contributed by atoms with Crippen LogP contribution in [0.1, 0.15) is 89.6 Å². The quantitative estimate of drug-likeness (QED) is 0.188. The Morgan fingerprint density at radius 2 is 1.81 bits per heavy atom. The fourth-order valence-corrected chi connectivity index (χ4v) is 10.7. The van der Waals surface area contributed by atoms with Crippen LogP contribution in [0.2, 0.25) is 0 Å². The molecule has 5 amide bonds. The molecule has 0 radical (unpaired) electrons. The topological polar surface area (TPSA) is 192 Å². The van der Waals surface area contributed by atoms with E-state index in [2.05, 4.69) is 40.4 Å². The number of piperazine rings is 1. The third-order valence-electron chi connectivity index (χ3n) is 13.7. The van der Waals surface area contributed by atoms with Crippen LogP contribution in [0, 0.1) is 17.3 Å². The van der Waals surface area contributed by atoms with Gasteiger partial charge in [-0.1, -0.05) is 33.8 Å². The van der Waals surface area contributed by atoms with Gasteiger partial charge in [-0.05, 0) is 75.3 Å². The Morgan fingerprint density at radius 1 is 1.07 bits per heavy atom. The lowest BCUT2D eigenvalue weighted by Crippen LogP contribution is -2.67. The Morgan fingerprint density at radius 3 is 2.49 bits per heavy atom. The molecule has 6 bridgehead atoms. The van der Waals surface area contributed by atoms with Gasteiger partial charge in [0.1, 0.15) is 12.1 Å². The number of thiazole rings is 1. The van der Waals surface area contributed by atoms with Crippen molar-refractivity contribution in [2.75, 3.05) is 53.5 Å². The summed E-state index contributed by atoms with van der Waals surface area (Å²) >= 11 is 1.36. The number of carbonyl (C=O) groups is 5. The molecule has 2 saturated heterocycles. The number of aryl methyl sites for hydroxylation is 1. The molecule has 0 spiro atoms. The number of benzene rings is 1. The Labute approximate surface area is 396 Å². The fourth-order valence-electron chi connectivity index (χ4n) is 9.83. The van der Waals surface area contributed by atoms with Crippen molar-refractivity contribution in [1.29, 1.82) is 0 Å². The van der Waals surface area contributed by atoms with Crippen molar-refractivity contribution in [3.8, 4) is 22.5 Å². The van der Waals surface area contributed by atoms with Crippen LogP contribution >= 0.6 is 11.3 Å². The first-order chi connectivity index (χ1) is 31.9. The Bertz CT molecular complexity index is 2530. The highest BCUT2D eigenvalue weighted by atomic mass is 32.1. The number of carbonyl (C=O) groups excluding carboxylic acids is 5. The lowest BCUT2D eigenvalue weighted by atomic mass is 9.84. The van der Waals surface area contributed by atoms with E-state index in [-0.39, 0.29) is 62.3 Å². The number of pyridine rings is 1. The summed E-state index contributed by atoms with van der Waals surface area (Å²) in [5.74, 6) is -2.14. The summed E-state index contributed by atoms with van der Waals surface area (Å²) in [6, 6.07) is 7.76. The number of rotatable bonds is 9. The number of methoxy groups -OCH3 is 1. The number of amides is 5. The molecular weight excluding hydrogens is 875 g/mol. The maximum absolute atomic E-state index is 14.7. The fraction of sp³-hybridized carbons (Fsp3) is 0.571. The first-order valence-corrected chi connectivity index (χ1v) is 24.5. The second-order valence-corrected chi connectivity index (χ2v) is 20.6. The predicted octanol–water partition coefficient (Wildman–Crippen LogP) is 5.15. The van der Waals surface area contributed by atoms with Crippen LogP contribution in [0.4, 0.5) is 4.79 Å². The van der Waals surface area contributed by atoms with Gasteiger partial charge in [0, 0.05) is 111 Å². The minimum Gasteiger partial charge on any atom is -0.462 e. The van der Waals surface area contributed by atoms with Crippen LogP contribution in [0.3, 0.4) is 0 Å². The standard InChI is InChI=1S/C49H65N9O8S/c1-9-57-38-16-15-32-24-34(38)35(42(57)33-12-10-18-50-40(33)30(4)65-8)26-48(5,6)28-66-46(62)49(64)17-11-19-58(53-49)45(61)36(25-39-51-37(32)27-67-39)52-43(59)41(29(2)3)54(7)47(63)56-22-20-55(21-23-56)44(60)31-13-14-31/h10,12,15-16,18,24,27,29-31,36,41,53,64H,9,11,13-14,17,19-23,25-26,28H2,1-8H3,(H,52,59)/t30-,36-,41-,49-/m0/s1. The number of ether oxygens (including phenoxy) is 2. The number of urea groups is 1. The van der Waals surface area contributed by atoms with Crippen LogP contribution in [0.15, 0.2) is 41.9 Å². The summed E-state index contributed by atoms with van der Waals surface area (Å²) in [4.78, 5) is 84.5. The van der Waals surface area contributed by atoms with Crippen molar-refractivity contribution in [2.45, 2.75) is 111 Å². The first kappa shape index (κ1) is 48.0. The number of aromatic nitrogens is 3. The van der Waals surface area contributed by atoms with Crippen molar-refractivity contribution in [3.63, 3.8) is 0 Å². The van der Waals surface area contributed by atoms with Crippen molar-refractivity contribution in [3.05, 3.63) is 58.2 Å². The zero-order valence-corrected chi connectivity index (χ0v) is 40.8. The molecular formula is C49H65N9O8S. The molecule has 6 heterocycles. The number of aliphatic hydroxyl groups is 1. The minimum atomic E-state index is -2.22. The molecule has 3 aromatic heterocycles. The van der Waals surface area contributed by atoms with Crippen molar-refractivity contribution in [2.24, 2.45) is 17.3 Å². The number of nitrogens with zero attached hydrogens (tertiary/aromatic N) is 7. The van der Waals surface area contributed by atoms with E-state index in [1.807, 2.05) is 57.0 Å². The molecule has 1 aromatic carbocycles. The largest absolute Gasteiger partial charge is 0.462 e. The Balaban J connectivity index is 1.14. The molecule has 1 saturated carbocycles. The monoisotopic (exact) mass is 939 g/mol. The van der Waals surface area contributed by atoms with Gasteiger partial charge in [-0.2, -0.15) is 5.43 Å². The van der Waals surface area contributed by atoms with E-state index in [1.54, 1.807) is 25.3 Å². The maximum Gasteiger partial charge on any atom is 0.355 e. The van der Waals surface area contributed by atoms with E-state index in [0.717, 1.165) is 51.8 Å². The molecule has 0 unspecified atom stereocenters. The molecule has 3 fully saturated rings. The number of hydrogen-bond donors (Lipinski definition) is 3. The van der Waals surface area contributed by atoms with Gasteiger partial charge in [-0.15, -0.1) is 11.3 Å². The minimum absolute atomic E-state index is 0.00470. The van der Waals surface area contributed by atoms with Crippen LogP contribution in [-0.2, 0) is 48.0 Å². The first-order valence-electron chi connectivity index (χ1n) is 23.6. The van der Waals surface area contributed by atoms with Gasteiger partial charge in [0.2, 0.25) is 17.5 Å². The normalized spacial score (nSPS) is 22.3. The average Bonchev–Trinajstić information content (AvgIpc) is 3.99. The van der Waals surface area contributed by atoms with Crippen LogP contribution in [0.5, 0.6) is 0 Å². The van der Waals surface area contributed by atoms with Crippen LogP contribution in [0.25, 0.3) is 33.4 Å². The summed E-state index contributed by atoms with van der Waals surface area (Å²) in [6.45, 7) is 14.1. The molecule has 3 N–H and O–H groups in total. The summed E-state index contributed by atoms with van der Waals surface area (Å²) in [5, 5.41) is 19.6. The van der Waals surface area contributed by atoms with Crippen molar-refractivity contribution >= 4 is 52.0 Å². The summed E-state index contributed by atoms with van der Waals surface area (Å²) in [7, 11) is 3.25. The molecule has 360 valence electrons. The van der Waals surface area contributed by atoms with Crippen LogP contribution < -0.4 is 10.7 Å². The van der Waals surface area contributed by atoms with Gasteiger partial charge in [-0.25, -0.2) is 14.6 Å². The van der Waals surface area contributed by atoms with Gasteiger partial charge < -0.3 is 39.2 Å². The second kappa shape index (κ2) is 19.3. The molecule has 67 heavy (non-hydrogen) atoms. The lowest BCUT2D eigenvalue weighted by molar-refractivity contribution is -0.189. The average molecular weight is 940 g/mol. The van der Waals surface area contributed by atoms with Crippen LogP contribution in [-0.4, -0.2) is 140 Å². The Hall–Kier alpha value is -5.43. The number of esters is 1. The molecule has 18 heteroatoms. The number of nitrogens with one attached hydrogen (secondary N) is 2. The number of hydrazine groups is 1. The zero-order valence-electron chi connectivity index (χ0n) is 40.0. The van der Waals surface area contributed by atoms with Gasteiger partial charge in [-0.3, -0.25) is 24.4 Å². The van der Waals surface area contributed by atoms with Gasteiger partial charge in [0.25, 0.3) is 5.91 Å². The highest BCUT2D eigenvalue weighted by molar-refractivity contribution is 7.10. The number of fused-ring (bicyclic) bond motifs is 6. The molecule has 8 rings (SSSR count). The van der Waals surface area contributed by atoms with E-state index in [9.17, 15) is 29.1 Å². The van der Waals surface area contributed by atoms with E-state index in [4.69, 9.17) is 19.4 Å². The van der Waals surface area contributed by atoms with Gasteiger partial charge in [0.05, 0.1) is 34.8 Å². The van der Waals surface area contributed by atoms with Crippen molar-refractivity contribution < 1.29 is 38.6 Å². The molecule has 1 aliphatic carbocycles. The predicted molar refractivity (Wildman–Crippen MR) is 253 cm³/mol. The van der Waals surface area contributed by atoms with E-state index in [1.165, 1.54) is 21.2 Å². The zero-order chi connectivity index (χ0) is 47.9. The maximum atomic E-state index is 14.7. The molecule has 4 aromatic rings. The summed E-state index contributed by atoms with van der Waals surface area (Å²) in [6.07, 6.45) is 4.06. The SMILES string of the molecule is CCn1c(-c2cccnc2[C@H](C)OC)c2c3cc(ccc31)-c1csc(n1)C[C@H](NC(=O)[C@H](C(C)C)N(C)C(=O)N1CCN(C(=O)C3CC3)CC1)C(=O)N1CCC[C@@](O)(N1)C(=O)OCC(C)(C)C2. The number of hydrogen-bond acceptors (Lipinski definition) is 12. The highest BCUT2D eigenvalue weighted by Crippen LogP contribution is 2.42. The summed E-state index contributed by atoms with van der Waals surface area (Å²) in [5.41, 5.74) is 6.27. The second-order valence-electron chi connectivity index (χ2n) is 19.7. The third kappa shape index (κ3) is 9.81. The third-order valence-corrected chi connectivity index (χ3v) is 14.5. The van der Waals surface area contributed by atoms with Crippen molar-refractivity contribution in [1.82, 2.24) is 45.0 Å². The number of cyclic esters (lactones) is 1. The lowest BCUT2D eigenvalue weighted by Gasteiger charge is -2.41. The molecule has 4 aliphatic rings.